The van der Waals surface area contributed by atoms with Crippen molar-refractivity contribution in [3.05, 3.63) is 38.1 Å². The standard InChI is InChI=1S/C13H12N8O2S/c1-18-11(22)10-8(4-5-24-10)20-9(14-15-12(18)20)6-19-13(23)21(17-16-19)7-2-3-7/h4-5,7H,2-3,6H2,1H3. The highest BCUT2D eigenvalue weighted by Gasteiger charge is 2.28. The second-order valence-corrected chi connectivity index (χ2v) is 6.76. The van der Waals surface area contributed by atoms with E-state index in [0.29, 0.717) is 16.3 Å². The number of aryl methyl sites for hydroxylation is 1. The van der Waals surface area contributed by atoms with E-state index in [-0.39, 0.29) is 23.8 Å². The molecular formula is C13H12N8O2S. The molecule has 4 aromatic heterocycles. The average molecular weight is 344 g/mol. The lowest BCUT2D eigenvalue weighted by molar-refractivity contribution is 0.593. The van der Waals surface area contributed by atoms with Crippen LogP contribution in [0.25, 0.3) is 16.0 Å². The predicted octanol–water partition coefficient (Wildman–Crippen LogP) is -0.221. The predicted molar refractivity (Wildman–Crippen MR) is 85.3 cm³/mol. The SMILES string of the molecule is Cn1c(=O)c2sccc2n2c(Cn3nnn(C4CC4)c3=O)nnc12. The molecule has 0 spiro atoms. The Kier molecular flexibility index (Phi) is 2.61. The van der Waals surface area contributed by atoms with Crippen molar-refractivity contribution in [2.75, 3.05) is 0 Å². The van der Waals surface area contributed by atoms with Crippen LogP contribution >= 0.6 is 11.3 Å². The van der Waals surface area contributed by atoms with Crippen LogP contribution in [0.2, 0.25) is 0 Å². The summed E-state index contributed by atoms with van der Waals surface area (Å²) >= 11 is 1.37. The Morgan fingerprint density at radius 2 is 2.08 bits per heavy atom. The van der Waals surface area contributed by atoms with Gasteiger partial charge < -0.3 is 0 Å². The van der Waals surface area contributed by atoms with Crippen LogP contribution < -0.4 is 11.2 Å². The van der Waals surface area contributed by atoms with Gasteiger partial charge in [0, 0.05) is 7.05 Å². The molecule has 122 valence electrons. The van der Waals surface area contributed by atoms with Crippen molar-refractivity contribution < 1.29 is 0 Å². The normalized spacial score (nSPS) is 14.9. The Morgan fingerprint density at radius 3 is 2.88 bits per heavy atom. The average Bonchev–Trinajstić information content (AvgIpc) is 2.99. The zero-order valence-corrected chi connectivity index (χ0v) is 13.5. The summed E-state index contributed by atoms with van der Waals surface area (Å²) in [5, 5.41) is 18.0. The van der Waals surface area contributed by atoms with E-state index in [1.54, 1.807) is 11.4 Å². The summed E-state index contributed by atoms with van der Waals surface area (Å²) in [5.41, 5.74) is 0.379. The molecule has 1 fully saturated rings. The second kappa shape index (κ2) is 4.60. The number of fused-ring (bicyclic) bond motifs is 3. The van der Waals surface area contributed by atoms with Gasteiger partial charge in [0.05, 0.1) is 11.6 Å². The van der Waals surface area contributed by atoms with Crippen LogP contribution in [0.15, 0.2) is 21.0 Å². The molecule has 1 aliphatic carbocycles. The van der Waals surface area contributed by atoms with Crippen LogP contribution in [0, 0.1) is 0 Å². The van der Waals surface area contributed by atoms with E-state index >= 15 is 0 Å². The van der Waals surface area contributed by atoms with Gasteiger partial charge in [0.1, 0.15) is 11.2 Å². The molecule has 0 saturated heterocycles. The van der Waals surface area contributed by atoms with E-state index in [1.165, 1.54) is 25.3 Å². The highest BCUT2D eigenvalue weighted by atomic mass is 32.1. The highest BCUT2D eigenvalue weighted by molar-refractivity contribution is 7.17. The summed E-state index contributed by atoms with van der Waals surface area (Å²) in [7, 11) is 1.66. The third-order valence-electron chi connectivity index (χ3n) is 4.24. The fourth-order valence-corrected chi connectivity index (χ4v) is 3.67. The van der Waals surface area contributed by atoms with Crippen molar-refractivity contribution in [3.8, 4) is 0 Å². The topological polar surface area (TPSA) is 105 Å². The highest BCUT2D eigenvalue weighted by Crippen LogP contribution is 2.32. The molecule has 0 atom stereocenters. The van der Waals surface area contributed by atoms with E-state index in [9.17, 15) is 9.59 Å². The molecule has 0 aromatic carbocycles. The lowest BCUT2D eigenvalue weighted by atomic mass is 10.4. The van der Waals surface area contributed by atoms with Gasteiger partial charge in [0.2, 0.25) is 5.78 Å². The summed E-state index contributed by atoms with van der Waals surface area (Å²) in [6.07, 6.45) is 1.92. The van der Waals surface area contributed by atoms with Crippen molar-refractivity contribution in [3.63, 3.8) is 0 Å². The van der Waals surface area contributed by atoms with Gasteiger partial charge in [-0.15, -0.1) is 21.5 Å². The summed E-state index contributed by atoms with van der Waals surface area (Å²) in [6, 6.07) is 2.02. The molecule has 24 heavy (non-hydrogen) atoms. The van der Waals surface area contributed by atoms with Gasteiger partial charge in [0.15, 0.2) is 5.82 Å². The molecule has 1 saturated carbocycles. The van der Waals surface area contributed by atoms with Crippen LogP contribution in [0.3, 0.4) is 0 Å². The fraction of sp³-hybridized carbons (Fsp3) is 0.385. The molecular weight excluding hydrogens is 332 g/mol. The van der Waals surface area contributed by atoms with Crippen molar-refractivity contribution >= 4 is 27.3 Å². The molecule has 4 aromatic rings. The fourth-order valence-electron chi connectivity index (χ4n) is 2.82. The Hall–Kier alpha value is -2.82. The first-order valence-electron chi connectivity index (χ1n) is 7.47. The van der Waals surface area contributed by atoms with E-state index in [1.807, 2.05) is 11.4 Å². The Bertz CT molecular complexity index is 1200. The number of hydrogen-bond acceptors (Lipinski definition) is 7. The zero-order valence-electron chi connectivity index (χ0n) is 12.7. The minimum absolute atomic E-state index is 0.108. The molecule has 0 bridgehead atoms. The van der Waals surface area contributed by atoms with E-state index in [0.717, 1.165) is 18.4 Å². The largest absolute Gasteiger partial charge is 0.364 e. The minimum atomic E-state index is -0.249. The molecule has 4 heterocycles. The number of aromatic nitrogens is 8. The molecule has 0 amide bonds. The first-order chi connectivity index (χ1) is 11.6. The summed E-state index contributed by atoms with van der Waals surface area (Å²) in [4.78, 5) is 24.7. The Balaban J connectivity index is 1.70. The van der Waals surface area contributed by atoms with Crippen LogP contribution in [0.1, 0.15) is 24.7 Å². The number of tetrazole rings is 1. The monoisotopic (exact) mass is 344 g/mol. The van der Waals surface area contributed by atoms with Gasteiger partial charge in [-0.3, -0.25) is 13.8 Å². The maximum Gasteiger partial charge on any atom is 0.364 e. The van der Waals surface area contributed by atoms with Crippen LogP contribution in [0.5, 0.6) is 0 Å². The van der Waals surface area contributed by atoms with Gasteiger partial charge in [-0.05, 0) is 34.7 Å². The quantitative estimate of drug-likeness (QED) is 0.509. The smallest absolute Gasteiger partial charge is 0.279 e. The second-order valence-electron chi connectivity index (χ2n) is 5.85. The maximum absolute atomic E-state index is 12.3. The Morgan fingerprint density at radius 1 is 1.25 bits per heavy atom. The summed E-state index contributed by atoms with van der Waals surface area (Å²) < 4.78 is 6.56. The minimum Gasteiger partial charge on any atom is -0.279 e. The maximum atomic E-state index is 12.3. The molecule has 0 unspecified atom stereocenters. The van der Waals surface area contributed by atoms with Crippen molar-refractivity contribution in [1.82, 2.24) is 39.0 Å². The number of nitrogens with zero attached hydrogens (tertiary/aromatic N) is 8. The van der Waals surface area contributed by atoms with Gasteiger partial charge >= 0.3 is 5.69 Å². The van der Waals surface area contributed by atoms with Crippen molar-refractivity contribution in [1.29, 1.82) is 0 Å². The first-order valence-corrected chi connectivity index (χ1v) is 8.35. The number of hydrogen-bond donors (Lipinski definition) is 0. The molecule has 5 rings (SSSR count). The van der Waals surface area contributed by atoms with Gasteiger partial charge in [-0.25, -0.2) is 4.79 Å². The molecule has 1 aliphatic rings. The lowest BCUT2D eigenvalue weighted by Gasteiger charge is -2.04. The summed E-state index contributed by atoms with van der Waals surface area (Å²) in [6.45, 7) is 0.149. The lowest BCUT2D eigenvalue weighted by Crippen LogP contribution is -2.26. The van der Waals surface area contributed by atoms with Gasteiger partial charge in [-0.1, -0.05) is 0 Å². The van der Waals surface area contributed by atoms with Gasteiger partial charge in [0.25, 0.3) is 5.56 Å². The van der Waals surface area contributed by atoms with E-state index in [4.69, 9.17) is 0 Å². The first kappa shape index (κ1) is 13.6. The number of rotatable bonds is 3. The van der Waals surface area contributed by atoms with Crippen LogP contribution in [-0.4, -0.2) is 39.0 Å². The molecule has 10 nitrogen and oxygen atoms in total. The Labute approximate surface area is 137 Å². The third-order valence-corrected chi connectivity index (χ3v) is 5.13. The third kappa shape index (κ3) is 1.75. The van der Waals surface area contributed by atoms with E-state index < -0.39 is 0 Å². The molecule has 0 aliphatic heterocycles. The van der Waals surface area contributed by atoms with Gasteiger partial charge in [-0.2, -0.15) is 9.36 Å². The van der Waals surface area contributed by atoms with Crippen LogP contribution in [-0.2, 0) is 13.6 Å². The zero-order chi connectivity index (χ0) is 16.4. The van der Waals surface area contributed by atoms with E-state index in [2.05, 4.69) is 20.6 Å². The summed E-state index contributed by atoms with van der Waals surface area (Å²) in [5.74, 6) is 0.970. The molecule has 0 radical (unpaired) electrons. The van der Waals surface area contributed by atoms with Crippen molar-refractivity contribution in [2.24, 2.45) is 7.05 Å². The van der Waals surface area contributed by atoms with Crippen molar-refractivity contribution in [2.45, 2.75) is 25.4 Å². The number of thiophene rings is 1. The molecule has 0 N–H and O–H groups in total. The van der Waals surface area contributed by atoms with Crippen LogP contribution in [0.4, 0.5) is 0 Å². The molecule has 11 heteroatoms.